The van der Waals surface area contributed by atoms with Crippen molar-refractivity contribution in [1.82, 2.24) is 0 Å². The van der Waals surface area contributed by atoms with E-state index in [4.69, 9.17) is 0 Å². The molecule has 4 aromatic carbocycles. The number of rotatable bonds is 9. The molecule has 2 heteroatoms. The summed E-state index contributed by atoms with van der Waals surface area (Å²) in [6.45, 7) is 7.95. The van der Waals surface area contributed by atoms with Gasteiger partial charge in [0.2, 0.25) is 0 Å². The predicted octanol–water partition coefficient (Wildman–Crippen LogP) is 6.54. The Morgan fingerprint density at radius 2 is 0.844 bits per heavy atom. The van der Waals surface area contributed by atoms with Crippen LogP contribution in [0.5, 0.6) is 0 Å². The maximum absolute atomic E-state index is 3.98. The first-order chi connectivity index (χ1) is 15.8. The Hall–Kier alpha value is -2.78. The van der Waals surface area contributed by atoms with Gasteiger partial charge in [-0.05, 0) is 72.6 Å². The Bertz CT molecular complexity index is 1070. The third kappa shape index (κ3) is 5.52. The van der Waals surface area contributed by atoms with Crippen LogP contribution in [-0.2, 0) is 0 Å². The fourth-order valence-electron chi connectivity index (χ4n) is 3.87. The summed E-state index contributed by atoms with van der Waals surface area (Å²) < 4.78 is 0. The maximum Gasteiger partial charge on any atom is -0.0189 e. The van der Waals surface area contributed by atoms with Gasteiger partial charge in [0.1, 0.15) is 0 Å². The Morgan fingerprint density at radius 1 is 0.469 bits per heavy atom. The van der Waals surface area contributed by atoms with E-state index in [2.05, 4.69) is 122 Å². The molecule has 0 saturated carbocycles. The molecule has 0 radical (unpaired) electrons. The lowest BCUT2D eigenvalue weighted by Crippen LogP contribution is -2.20. The van der Waals surface area contributed by atoms with Gasteiger partial charge in [-0.1, -0.05) is 122 Å². The van der Waals surface area contributed by atoms with Crippen LogP contribution in [0.3, 0.4) is 0 Å². The van der Waals surface area contributed by atoms with Crippen molar-refractivity contribution in [3.8, 4) is 0 Å². The minimum Gasteiger partial charge on any atom is -0.0985 e. The van der Waals surface area contributed by atoms with Crippen molar-refractivity contribution in [2.24, 2.45) is 0 Å². The first kappa shape index (κ1) is 22.4. The largest absolute Gasteiger partial charge is 0.0985 e. The molecule has 0 saturated heterocycles. The van der Waals surface area contributed by atoms with Crippen molar-refractivity contribution >= 4 is 49.2 Å². The normalized spacial score (nSPS) is 12.6. The minimum absolute atomic E-state index is 0.449. The highest BCUT2D eigenvalue weighted by Crippen LogP contribution is 2.41. The molecule has 158 valence electrons. The maximum atomic E-state index is 3.98. The van der Waals surface area contributed by atoms with Gasteiger partial charge in [-0.25, -0.2) is 0 Å². The SMILES string of the molecule is C=Cc1cccc(P(CCP(c2ccccc2)c2cccc(C=C)c2)c2ccccc2)c1. The molecule has 0 nitrogen and oxygen atoms in total. The van der Waals surface area contributed by atoms with Crippen LogP contribution in [0.2, 0.25) is 0 Å². The van der Waals surface area contributed by atoms with Crippen molar-refractivity contribution < 1.29 is 0 Å². The molecule has 0 fully saturated rings. The van der Waals surface area contributed by atoms with Crippen LogP contribution >= 0.6 is 15.8 Å². The summed E-state index contributed by atoms with van der Waals surface area (Å²) in [7, 11) is -0.898. The molecule has 0 aliphatic rings. The summed E-state index contributed by atoms with van der Waals surface area (Å²) in [6.07, 6.45) is 6.19. The number of benzene rings is 4. The molecule has 2 atom stereocenters. The standard InChI is InChI=1S/C30H28P2/c1-3-25-13-11-19-29(23-25)31(27-15-7-5-8-16-27)21-22-32(28-17-9-6-10-18-28)30-20-12-14-26(4-2)24-30/h3-20,23-24H,1-2,21-22H2. The summed E-state index contributed by atoms with van der Waals surface area (Å²) in [6, 6.07) is 39.8. The van der Waals surface area contributed by atoms with Gasteiger partial charge in [0.15, 0.2) is 0 Å². The van der Waals surface area contributed by atoms with E-state index in [1.54, 1.807) is 0 Å². The van der Waals surface area contributed by atoms with E-state index in [0.717, 1.165) is 12.3 Å². The number of hydrogen-bond donors (Lipinski definition) is 0. The molecule has 0 aliphatic carbocycles. The third-order valence-electron chi connectivity index (χ3n) is 5.52. The first-order valence-corrected chi connectivity index (χ1v) is 13.9. The van der Waals surface area contributed by atoms with Crippen molar-refractivity contribution in [1.29, 1.82) is 0 Å². The fraction of sp³-hybridized carbons (Fsp3) is 0.0667. The third-order valence-corrected chi connectivity index (χ3v) is 10.9. The smallest absolute Gasteiger partial charge is 0.0189 e. The van der Waals surface area contributed by atoms with Crippen LogP contribution in [0.15, 0.2) is 122 Å². The lowest BCUT2D eigenvalue weighted by Gasteiger charge is -2.24. The van der Waals surface area contributed by atoms with Gasteiger partial charge in [0.25, 0.3) is 0 Å². The van der Waals surface area contributed by atoms with Crippen LogP contribution in [0.1, 0.15) is 11.1 Å². The lowest BCUT2D eigenvalue weighted by atomic mass is 10.2. The van der Waals surface area contributed by atoms with Crippen LogP contribution in [0.4, 0.5) is 0 Å². The molecule has 0 spiro atoms. The molecule has 32 heavy (non-hydrogen) atoms. The van der Waals surface area contributed by atoms with Crippen molar-refractivity contribution in [2.75, 3.05) is 12.3 Å². The Kier molecular flexibility index (Phi) is 7.84. The van der Waals surface area contributed by atoms with Gasteiger partial charge in [-0.2, -0.15) is 0 Å². The minimum atomic E-state index is -0.449. The quantitative estimate of drug-likeness (QED) is 0.254. The second-order valence-corrected chi connectivity index (χ2v) is 12.2. The Labute approximate surface area is 194 Å². The first-order valence-electron chi connectivity index (χ1n) is 10.9. The van der Waals surface area contributed by atoms with E-state index in [-0.39, 0.29) is 0 Å². The second-order valence-electron chi connectivity index (χ2n) is 7.57. The molecule has 0 aromatic heterocycles. The van der Waals surface area contributed by atoms with Crippen molar-refractivity contribution in [2.45, 2.75) is 0 Å². The van der Waals surface area contributed by atoms with Crippen LogP contribution in [0, 0.1) is 0 Å². The highest BCUT2D eigenvalue weighted by molar-refractivity contribution is 7.76. The summed E-state index contributed by atoms with van der Waals surface area (Å²) in [5.74, 6) is 0. The monoisotopic (exact) mass is 450 g/mol. The highest BCUT2D eigenvalue weighted by Gasteiger charge is 2.19. The zero-order chi connectivity index (χ0) is 22.2. The van der Waals surface area contributed by atoms with E-state index in [1.165, 1.54) is 32.3 Å². The molecule has 0 aliphatic heterocycles. The topological polar surface area (TPSA) is 0 Å². The summed E-state index contributed by atoms with van der Waals surface area (Å²) in [5, 5.41) is 5.72. The average molecular weight is 451 g/mol. The molecule has 0 bridgehead atoms. The Morgan fingerprint density at radius 3 is 1.22 bits per heavy atom. The summed E-state index contributed by atoms with van der Waals surface area (Å²) in [5.41, 5.74) is 2.38. The second kappa shape index (κ2) is 11.2. The fourth-order valence-corrected chi connectivity index (χ4v) is 9.30. The molecular formula is C30H28P2. The zero-order valence-electron chi connectivity index (χ0n) is 18.3. The Balaban J connectivity index is 1.69. The summed E-state index contributed by atoms with van der Waals surface area (Å²) >= 11 is 0. The van der Waals surface area contributed by atoms with E-state index >= 15 is 0 Å². The number of hydrogen-bond acceptors (Lipinski definition) is 0. The van der Waals surface area contributed by atoms with Gasteiger partial charge < -0.3 is 0 Å². The van der Waals surface area contributed by atoms with E-state index in [9.17, 15) is 0 Å². The summed E-state index contributed by atoms with van der Waals surface area (Å²) in [4.78, 5) is 0. The molecular weight excluding hydrogens is 422 g/mol. The van der Waals surface area contributed by atoms with Crippen LogP contribution in [-0.4, -0.2) is 12.3 Å². The molecule has 2 unspecified atom stereocenters. The highest BCUT2D eigenvalue weighted by atomic mass is 31.1. The predicted molar refractivity (Wildman–Crippen MR) is 148 cm³/mol. The van der Waals surface area contributed by atoms with E-state index < -0.39 is 15.8 Å². The van der Waals surface area contributed by atoms with E-state index in [1.807, 2.05) is 12.2 Å². The van der Waals surface area contributed by atoms with Gasteiger partial charge in [-0.15, -0.1) is 0 Å². The molecule has 4 aromatic rings. The van der Waals surface area contributed by atoms with E-state index in [0.29, 0.717) is 0 Å². The van der Waals surface area contributed by atoms with Crippen molar-refractivity contribution in [3.63, 3.8) is 0 Å². The van der Waals surface area contributed by atoms with Gasteiger partial charge in [0, 0.05) is 0 Å². The van der Waals surface area contributed by atoms with Gasteiger partial charge in [0.05, 0.1) is 0 Å². The van der Waals surface area contributed by atoms with Gasteiger partial charge in [-0.3, -0.25) is 0 Å². The van der Waals surface area contributed by atoms with Crippen LogP contribution < -0.4 is 21.2 Å². The zero-order valence-corrected chi connectivity index (χ0v) is 20.1. The molecule has 0 heterocycles. The van der Waals surface area contributed by atoms with Crippen molar-refractivity contribution in [3.05, 3.63) is 133 Å². The van der Waals surface area contributed by atoms with Crippen LogP contribution in [0.25, 0.3) is 12.2 Å². The molecule has 4 rings (SSSR count). The average Bonchev–Trinajstić information content (AvgIpc) is 2.88. The van der Waals surface area contributed by atoms with Gasteiger partial charge >= 0.3 is 0 Å². The molecule has 0 N–H and O–H groups in total. The molecule has 0 amide bonds. The lowest BCUT2D eigenvalue weighted by molar-refractivity contribution is 1.51.